The van der Waals surface area contributed by atoms with Gasteiger partial charge in [0.15, 0.2) is 0 Å². The van der Waals surface area contributed by atoms with E-state index in [0.29, 0.717) is 13.0 Å². The first kappa shape index (κ1) is 11.4. The van der Waals surface area contributed by atoms with Crippen molar-refractivity contribution in [3.63, 3.8) is 0 Å². The van der Waals surface area contributed by atoms with E-state index in [4.69, 9.17) is 11.5 Å². The van der Waals surface area contributed by atoms with Crippen LogP contribution in [0.15, 0.2) is 36.5 Å². The van der Waals surface area contributed by atoms with Gasteiger partial charge >= 0.3 is 0 Å². The van der Waals surface area contributed by atoms with Crippen LogP contribution in [0.1, 0.15) is 5.56 Å². The van der Waals surface area contributed by atoms with Crippen LogP contribution in [0.3, 0.4) is 0 Å². The second-order valence-electron chi connectivity index (χ2n) is 3.74. The first-order valence-electron chi connectivity index (χ1n) is 5.51. The zero-order valence-electron chi connectivity index (χ0n) is 9.50. The zero-order chi connectivity index (χ0) is 12.1. The maximum Gasteiger partial charge on any atom is 0.101 e. The molecule has 0 bridgehead atoms. The SMILES string of the molecule is C#CCn1cc(CCO)c(-c2ccccc2)n1. The Labute approximate surface area is 101 Å². The summed E-state index contributed by atoms with van der Waals surface area (Å²) < 4.78 is 1.73. The number of aromatic nitrogens is 2. The second kappa shape index (κ2) is 5.33. The van der Waals surface area contributed by atoms with Crippen LogP contribution in [0.5, 0.6) is 0 Å². The number of aliphatic hydroxyl groups is 1. The van der Waals surface area contributed by atoms with Crippen LogP contribution in [0.4, 0.5) is 0 Å². The van der Waals surface area contributed by atoms with Crippen LogP contribution in [0, 0.1) is 12.3 Å². The van der Waals surface area contributed by atoms with Crippen LogP contribution < -0.4 is 0 Å². The van der Waals surface area contributed by atoms with Crippen molar-refractivity contribution in [1.82, 2.24) is 9.78 Å². The minimum absolute atomic E-state index is 0.113. The van der Waals surface area contributed by atoms with Crippen LogP contribution in [0.2, 0.25) is 0 Å². The predicted molar refractivity (Wildman–Crippen MR) is 67.3 cm³/mol. The van der Waals surface area contributed by atoms with E-state index in [2.05, 4.69) is 11.0 Å². The maximum absolute atomic E-state index is 9.05. The van der Waals surface area contributed by atoms with E-state index in [9.17, 15) is 0 Å². The molecule has 1 N–H and O–H groups in total. The standard InChI is InChI=1S/C14H14N2O/c1-2-9-16-11-13(8-10-17)14(15-16)12-6-4-3-5-7-12/h1,3-7,11,17H,8-10H2. The molecule has 0 saturated heterocycles. The summed E-state index contributed by atoms with van der Waals surface area (Å²) in [7, 11) is 0. The van der Waals surface area contributed by atoms with Crippen molar-refractivity contribution >= 4 is 0 Å². The summed E-state index contributed by atoms with van der Waals surface area (Å²) in [5, 5.41) is 13.5. The molecule has 1 aromatic carbocycles. The number of benzene rings is 1. The second-order valence-corrected chi connectivity index (χ2v) is 3.74. The van der Waals surface area contributed by atoms with Gasteiger partial charge in [-0.3, -0.25) is 4.68 Å². The largest absolute Gasteiger partial charge is 0.396 e. The Kier molecular flexibility index (Phi) is 3.59. The third kappa shape index (κ3) is 2.55. The average molecular weight is 226 g/mol. The third-order valence-electron chi connectivity index (χ3n) is 2.52. The monoisotopic (exact) mass is 226 g/mol. The minimum Gasteiger partial charge on any atom is -0.396 e. The number of nitrogens with zero attached hydrogens (tertiary/aromatic N) is 2. The summed E-state index contributed by atoms with van der Waals surface area (Å²) in [6, 6.07) is 9.91. The lowest BCUT2D eigenvalue weighted by Gasteiger charge is -1.99. The topological polar surface area (TPSA) is 38.0 Å². The minimum atomic E-state index is 0.113. The first-order valence-corrected chi connectivity index (χ1v) is 5.51. The Balaban J connectivity index is 2.41. The molecule has 2 aromatic rings. The molecule has 0 aliphatic carbocycles. The molecule has 1 aromatic heterocycles. The zero-order valence-corrected chi connectivity index (χ0v) is 9.50. The number of aliphatic hydroxyl groups excluding tert-OH is 1. The molecule has 3 heteroatoms. The highest BCUT2D eigenvalue weighted by Gasteiger charge is 2.09. The van der Waals surface area contributed by atoms with E-state index in [-0.39, 0.29) is 6.61 Å². The van der Waals surface area contributed by atoms with Crippen LogP contribution in [-0.2, 0) is 13.0 Å². The molecule has 0 radical (unpaired) electrons. The Bertz CT molecular complexity index is 523. The van der Waals surface area contributed by atoms with Gasteiger partial charge in [0.05, 0.1) is 5.69 Å². The molecule has 0 saturated carbocycles. The van der Waals surface area contributed by atoms with Crippen molar-refractivity contribution in [3.8, 4) is 23.6 Å². The number of terminal acetylenes is 1. The summed E-state index contributed by atoms with van der Waals surface area (Å²) in [4.78, 5) is 0. The van der Waals surface area contributed by atoms with Gasteiger partial charge in [0.25, 0.3) is 0 Å². The highest BCUT2D eigenvalue weighted by molar-refractivity contribution is 5.62. The number of hydrogen-bond acceptors (Lipinski definition) is 2. The molecule has 17 heavy (non-hydrogen) atoms. The van der Waals surface area contributed by atoms with Crippen LogP contribution >= 0.6 is 0 Å². The molecule has 0 unspecified atom stereocenters. The van der Waals surface area contributed by atoms with E-state index < -0.39 is 0 Å². The predicted octanol–water partition coefficient (Wildman–Crippen LogP) is 1.72. The van der Waals surface area contributed by atoms with E-state index in [1.54, 1.807) is 4.68 Å². The molecule has 0 aliphatic heterocycles. The molecule has 0 aliphatic rings. The molecule has 0 amide bonds. The average Bonchev–Trinajstić information content (AvgIpc) is 2.74. The van der Waals surface area contributed by atoms with E-state index in [1.807, 2.05) is 36.5 Å². The fraction of sp³-hybridized carbons (Fsp3) is 0.214. The first-order chi connectivity index (χ1) is 8.35. The van der Waals surface area contributed by atoms with Crippen LogP contribution in [-0.4, -0.2) is 21.5 Å². The van der Waals surface area contributed by atoms with Gasteiger partial charge in [0, 0.05) is 23.9 Å². The molecule has 86 valence electrons. The molecule has 2 rings (SSSR count). The molecule has 1 heterocycles. The van der Waals surface area contributed by atoms with Crippen LogP contribution in [0.25, 0.3) is 11.3 Å². The lowest BCUT2D eigenvalue weighted by atomic mass is 10.1. The molecule has 0 spiro atoms. The number of hydrogen-bond donors (Lipinski definition) is 1. The summed E-state index contributed by atoms with van der Waals surface area (Å²) in [6.07, 6.45) is 7.77. The Morgan fingerprint density at radius 1 is 1.29 bits per heavy atom. The summed E-state index contributed by atoms with van der Waals surface area (Å²) in [5.41, 5.74) is 2.97. The maximum atomic E-state index is 9.05. The molecule has 0 atom stereocenters. The van der Waals surface area contributed by atoms with E-state index in [0.717, 1.165) is 16.8 Å². The Hall–Kier alpha value is -2.05. The fourth-order valence-electron chi connectivity index (χ4n) is 1.78. The fourth-order valence-corrected chi connectivity index (χ4v) is 1.78. The van der Waals surface area contributed by atoms with E-state index in [1.165, 1.54) is 0 Å². The van der Waals surface area contributed by atoms with Gasteiger partial charge in [-0.1, -0.05) is 36.3 Å². The summed E-state index contributed by atoms with van der Waals surface area (Å²) in [6.45, 7) is 0.562. The lowest BCUT2D eigenvalue weighted by Crippen LogP contribution is -1.95. The van der Waals surface area contributed by atoms with Crippen molar-refractivity contribution < 1.29 is 5.11 Å². The lowest BCUT2D eigenvalue weighted by molar-refractivity contribution is 0.299. The van der Waals surface area contributed by atoms with E-state index >= 15 is 0 Å². The van der Waals surface area contributed by atoms with Gasteiger partial charge in [-0.15, -0.1) is 6.42 Å². The van der Waals surface area contributed by atoms with Crippen molar-refractivity contribution in [3.05, 3.63) is 42.1 Å². The molecular weight excluding hydrogens is 212 g/mol. The van der Waals surface area contributed by atoms with Crippen molar-refractivity contribution in [2.75, 3.05) is 6.61 Å². The quantitative estimate of drug-likeness (QED) is 0.806. The van der Waals surface area contributed by atoms with Crippen molar-refractivity contribution in [1.29, 1.82) is 0 Å². The molecule has 0 fully saturated rings. The Morgan fingerprint density at radius 3 is 2.71 bits per heavy atom. The summed E-state index contributed by atoms with van der Waals surface area (Å²) >= 11 is 0. The summed E-state index contributed by atoms with van der Waals surface area (Å²) in [5.74, 6) is 2.56. The highest BCUT2D eigenvalue weighted by Crippen LogP contribution is 2.22. The smallest absolute Gasteiger partial charge is 0.101 e. The normalized spacial score (nSPS) is 10.1. The molecular formula is C14H14N2O. The highest BCUT2D eigenvalue weighted by atomic mass is 16.2. The van der Waals surface area contributed by atoms with Gasteiger partial charge in [0.2, 0.25) is 0 Å². The van der Waals surface area contributed by atoms with Gasteiger partial charge in [-0.2, -0.15) is 5.10 Å². The molecule has 3 nitrogen and oxygen atoms in total. The Morgan fingerprint density at radius 2 is 2.06 bits per heavy atom. The number of rotatable bonds is 4. The van der Waals surface area contributed by atoms with Crippen molar-refractivity contribution in [2.24, 2.45) is 0 Å². The third-order valence-corrected chi connectivity index (χ3v) is 2.52. The van der Waals surface area contributed by atoms with Gasteiger partial charge in [-0.05, 0) is 6.42 Å². The van der Waals surface area contributed by atoms with Gasteiger partial charge in [-0.25, -0.2) is 0 Å². The van der Waals surface area contributed by atoms with Gasteiger partial charge in [0.1, 0.15) is 6.54 Å². The van der Waals surface area contributed by atoms with Crippen molar-refractivity contribution in [2.45, 2.75) is 13.0 Å². The van der Waals surface area contributed by atoms with Gasteiger partial charge < -0.3 is 5.11 Å².